The molecule has 0 saturated carbocycles. The Morgan fingerprint density at radius 2 is 2.11 bits per heavy atom. The smallest absolute Gasteiger partial charge is 0.151 e. The molecule has 0 saturated heterocycles. The van der Waals surface area contributed by atoms with E-state index >= 15 is 0 Å². The van der Waals surface area contributed by atoms with Crippen molar-refractivity contribution >= 4 is 39.8 Å². The van der Waals surface area contributed by atoms with Gasteiger partial charge in [0.05, 0.1) is 5.00 Å². The minimum absolute atomic E-state index is 0.0348. The maximum Gasteiger partial charge on any atom is 0.151 e. The van der Waals surface area contributed by atoms with E-state index in [0.717, 1.165) is 17.3 Å². The summed E-state index contributed by atoms with van der Waals surface area (Å²) >= 11 is 6.77. The van der Waals surface area contributed by atoms with E-state index in [-0.39, 0.29) is 6.17 Å². The van der Waals surface area contributed by atoms with Gasteiger partial charge in [0.25, 0.3) is 0 Å². The topological polar surface area (TPSA) is 27.6 Å². The first kappa shape index (κ1) is 12.3. The lowest BCUT2D eigenvalue weighted by molar-refractivity contribution is 0.736. The fraction of sp³-hybridized carbons (Fsp3) is 0.143. The van der Waals surface area contributed by atoms with Gasteiger partial charge in [-0.25, -0.2) is 0 Å². The molecular formula is C14H13N3S2. The summed E-state index contributed by atoms with van der Waals surface area (Å²) in [4.78, 5) is 2.16. The van der Waals surface area contributed by atoms with E-state index in [9.17, 15) is 0 Å². The molecule has 3 rings (SSSR count). The monoisotopic (exact) mass is 287 g/mol. The highest BCUT2D eigenvalue weighted by Gasteiger charge is 2.27. The summed E-state index contributed by atoms with van der Waals surface area (Å²) < 4.78 is 0. The second kappa shape index (κ2) is 5.50. The molecule has 1 aliphatic rings. The Hall–Kier alpha value is -1.72. The maximum absolute atomic E-state index is 5.08. The molecule has 0 bridgehead atoms. The zero-order chi connectivity index (χ0) is 13.1. The van der Waals surface area contributed by atoms with Crippen LogP contribution in [-0.2, 0) is 6.42 Å². The first-order valence-corrected chi connectivity index (χ1v) is 7.37. The molecule has 96 valence electrons. The summed E-state index contributed by atoms with van der Waals surface area (Å²) in [5.74, 6) is 1.000. The number of thiocarbonyl (C=S) groups is 1. The van der Waals surface area contributed by atoms with Gasteiger partial charge in [-0.1, -0.05) is 42.5 Å². The molecule has 0 aliphatic carbocycles. The molecule has 1 atom stereocenters. The third-order valence-corrected chi connectivity index (χ3v) is 4.08. The molecule has 0 fully saturated rings. The summed E-state index contributed by atoms with van der Waals surface area (Å²) in [6.07, 6.45) is 0.762. The van der Waals surface area contributed by atoms with Crippen molar-refractivity contribution in [1.29, 1.82) is 0 Å². The molecule has 1 aromatic heterocycles. The summed E-state index contributed by atoms with van der Waals surface area (Å²) in [5, 5.41) is 9.35. The van der Waals surface area contributed by atoms with Crippen LogP contribution in [-0.4, -0.2) is 17.4 Å². The van der Waals surface area contributed by atoms with Gasteiger partial charge in [-0.2, -0.15) is 5.10 Å². The standard InChI is InChI=1S/C14H13N3S2/c18-10-13-16-15-12(9-11-5-2-1-3-6-11)17(13)14-7-4-8-19-14/h1-8,10,13,16H,9H2. The Kier molecular flexibility index (Phi) is 3.57. The number of anilines is 1. The summed E-state index contributed by atoms with van der Waals surface area (Å²) in [6, 6.07) is 14.5. The normalized spacial score (nSPS) is 18.0. The van der Waals surface area contributed by atoms with Crippen molar-refractivity contribution < 1.29 is 0 Å². The van der Waals surface area contributed by atoms with Crippen molar-refractivity contribution in [3.63, 3.8) is 0 Å². The Balaban J connectivity index is 1.86. The fourth-order valence-corrected chi connectivity index (χ4v) is 3.05. The number of nitrogens with zero attached hydrogens (tertiary/aromatic N) is 2. The minimum Gasteiger partial charge on any atom is -0.293 e. The highest BCUT2D eigenvalue weighted by Crippen LogP contribution is 2.26. The van der Waals surface area contributed by atoms with Crippen molar-refractivity contribution in [2.45, 2.75) is 12.6 Å². The molecule has 1 aromatic carbocycles. The third kappa shape index (κ3) is 2.52. The summed E-state index contributed by atoms with van der Waals surface area (Å²) in [5.41, 5.74) is 4.32. The molecule has 19 heavy (non-hydrogen) atoms. The fourth-order valence-electron chi connectivity index (χ4n) is 2.08. The van der Waals surface area contributed by atoms with Crippen LogP contribution in [0.15, 0.2) is 52.9 Å². The Morgan fingerprint density at radius 3 is 2.79 bits per heavy atom. The number of amidine groups is 1. The summed E-state index contributed by atoms with van der Waals surface area (Å²) in [7, 11) is 0. The van der Waals surface area contributed by atoms with Gasteiger partial charge >= 0.3 is 0 Å². The molecule has 1 unspecified atom stereocenters. The van der Waals surface area contributed by atoms with Crippen molar-refractivity contribution in [3.8, 4) is 0 Å². The first-order chi connectivity index (χ1) is 9.38. The lowest BCUT2D eigenvalue weighted by atomic mass is 10.1. The van der Waals surface area contributed by atoms with Crippen molar-refractivity contribution in [2.24, 2.45) is 5.10 Å². The molecule has 0 amide bonds. The van der Waals surface area contributed by atoms with E-state index in [2.05, 4.69) is 39.0 Å². The molecule has 5 heteroatoms. The molecule has 2 heterocycles. The number of hydrogen-bond acceptors (Lipinski definition) is 5. The van der Waals surface area contributed by atoms with E-state index in [1.807, 2.05) is 24.3 Å². The molecule has 0 spiro atoms. The average Bonchev–Trinajstić information content (AvgIpc) is 3.08. The quantitative estimate of drug-likeness (QED) is 0.876. The van der Waals surface area contributed by atoms with Gasteiger partial charge in [-0.3, -0.25) is 10.3 Å². The molecule has 1 aliphatic heterocycles. The largest absolute Gasteiger partial charge is 0.293 e. The van der Waals surface area contributed by atoms with Crippen LogP contribution >= 0.6 is 23.6 Å². The lowest BCUT2D eigenvalue weighted by Crippen LogP contribution is -2.41. The first-order valence-electron chi connectivity index (χ1n) is 6.02. The Morgan fingerprint density at radius 1 is 1.26 bits per heavy atom. The third-order valence-electron chi connectivity index (χ3n) is 2.96. The second-order valence-corrected chi connectivity index (χ2v) is 5.42. The number of hydrogen-bond donors (Lipinski definition) is 1. The number of rotatable bonds is 4. The van der Waals surface area contributed by atoms with E-state index in [1.165, 1.54) is 5.56 Å². The average molecular weight is 287 g/mol. The van der Waals surface area contributed by atoms with Crippen LogP contribution in [0.2, 0.25) is 0 Å². The summed E-state index contributed by atoms with van der Waals surface area (Å²) in [6.45, 7) is 0. The van der Waals surface area contributed by atoms with Crippen LogP contribution in [0.4, 0.5) is 5.00 Å². The van der Waals surface area contributed by atoms with Gasteiger partial charge in [-0.15, -0.1) is 11.3 Å². The van der Waals surface area contributed by atoms with Crippen molar-refractivity contribution in [2.75, 3.05) is 4.90 Å². The van der Waals surface area contributed by atoms with Crippen molar-refractivity contribution in [3.05, 3.63) is 53.4 Å². The number of benzene rings is 1. The van der Waals surface area contributed by atoms with Crippen LogP contribution in [0.5, 0.6) is 0 Å². The van der Waals surface area contributed by atoms with E-state index in [1.54, 1.807) is 16.7 Å². The molecule has 0 radical (unpaired) electrons. The molecule has 1 N–H and O–H groups in total. The molecule has 3 nitrogen and oxygen atoms in total. The number of thiophene rings is 1. The van der Waals surface area contributed by atoms with Gasteiger partial charge in [-0.05, 0) is 23.1 Å². The molecule has 2 aromatic rings. The highest BCUT2D eigenvalue weighted by molar-refractivity contribution is 7.79. The van der Waals surface area contributed by atoms with E-state index in [4.69, 9.17) is 12.2 Å². The van der Waals surface area contributed by atoms with Gasteiger partial charge in [0.2, 0.25) is 0 Å². The predicted octanol–water partition coefficient (Wildman–Crippen LogP) is 3.04. The zero-order valence-electron chi connectivity index (χ0n) is 10.2. The Bertz CT molecular complexity index is 578. The van der Waals surface area contributed by atoms with Crippen LogP contribution in [0.1, 0.15) is 5.56 Å². The van der Waals surface area contributed by atoms with E-state index in [0.29, 0.717) is 0 Å². The SMILES string of the molecule is S=CC1NN=C(Cc2ccccc2)N1c1cccs1. The van der Waals surface area contributed by atoms with Gasteiger partial charge in [0.15, 0.2) is 6.17 Å². The van der Waals surface area contributed by atoms with E-state index < -0.39 is 0 Å². The van der Waals surface area contributed by atoms with Crippen LogP contribution in [0.25, 0.3) is 0 Å². The van der Waals surface area contributed by atoms with Gasteiger partial charge in [0.1, 0.15) is 5.84 Å². The number of hydrazone groups is 1. The van der Waals surface area contributed by atoms with Crippen LogP contribution < -0.4 is 10.3 Å². The lowest BCUT2D eigenvalue weighted by Gasteiger charge is -2.22. The highest BCUT2D eigenvalue weighted by atomic mass is 32.1. The predicted molar refractivity (Wildman–Crippen MR) is 85.0 cm³/mol. The number of nitrogens with one attached hydrogen (secondary N) is 1. The van der Waals surface area contributed by atoms with Crippen molar-refractivity contribution in [1.82, 2.24) is 5.43 Å². The minimum atomic E-state index is -0.0348. The molecular weight excluding hydrogens is 274 g/mol. The van der Waals surface area contributed by atoms with Gasteiger partial charge in [0, 0.05) is 11.8 Å². The Labute approximate surface area is 121 Å². The van der Waals surface area contributed by atoms with Crippen LogP contribution in [0.3, 0.4) is 0 Å². The zero-order valence-corrected chi connectivity index (χ0v) is 11.8. The van der Waals surface area contributed by atoms with Crippen LogP contribution in [0, 0.1) is 0 Å². The second-order valence-electron chi connectivity index (χ2n) is 4.22. The maximum atomic E-state index is 5.08. The van der Waals surface area contributed by atoms with Gasteiger partial charge < -0.3 is 0 Å².